The number of hydrogen-bond donors (Lipinski definition) is 1. The number of nitrogens with one attached hydrogen (secondary N) is 1. The van der Waals surface area contributed by atoms with Gasteiger partial charge >= 0.3 is 6.18 Å². The van der Waals surface area contributed by atoms with Crippen LogP contribution >= 0.6 is 11.3 Å². The third-order valence-corrected chi connectivity index (χ3v) is 7.16. The molecular formula is C23H26F3N5O2S. The fraction of sp³-hybridized carbons (Fsp3) is 0.522. The van der Waals surface area contributed by atoms with Crippen LogP contribution < -0.4 is 10.1 Å². The van der Waals surface area contributed by atoms with Gasteiger partial charge in [-0.3, -0.25) is 4.90 Å². The minimum absolute atomic E-state index is 0.0507. The van der Waals surface area contributed by atoms with Crippen LogP contribution in [0.5, 0.6) is 5.88 Å². The van der Waals surface area contributed by atoms with Crippen LogP contribution in [0.25, 0.3) is 10.2 Å². The number of morpholine rings is 1. The second-order valence-electron chi connectivity index (χ2n) is 8.53. The van der Waals surface area contributed by atoms with Crippen molar-refractivity contribution in [3.63, 3.8) is 0 Å². The SMILES string of the molecule is FC(F)(F)COc1ccc(CNc2nc(CN3CCOCC3)nc3sc4c(c23)CCCC4)cn1. The predicted octanol–water partition coefficient (Wildman–Crippen LogP) is 4.35. The minimum Gasteiger partial charge on any atom is -0.468 e. The van der Waals surface area contributed by atoms with E-state index in [1.165, 1.54) is 29.1 Å². The molecule has 0 aromatic carbocycles. The zero-order chi connectivity index (χ0) is 23.5. The lowest BCUT2D eigenvalue weighted by atomic mass is 9.97. The Kier molecular flexibility index (Phi) is 6.84. The summed E-state index contributed by atoms with van der Waals surface area (Å²) in [5.74, 6) is 1.54. The highest BCUT2D eigenvalue weighted by Gasteiger charge is 2.28. The van der Waals surface area contributed by atoms with E-state index in [0.29, 0.717) is 13.1 Å². The number of nitrogens with zero attached hydrogens (tertiary/aromatic N) is 4. The molecule has 0 radical (unpaired) electrons. The highest BCUT2D eigenvalue weighted by atomic mass is 32.1. The minimum atomic E-state index is -4.39. The van der Waals surface area contributed by atoms with Gasteiger partial charge in [-0.25, -0.2) is 15.0 Å². The molecule has 11 heteroatoms. The number of fused-ring (bicyclic) bond motifs is 3. The van der Waals surface area contributed by atoms with Gasteiger partial charge < -0.3 is 14.8 Å². The topological polar surface area (TPSA) is 72.4 Å². The summed E-state index contributed by atoms with van der Waals surface area (Å²) in [6, 6.07) is 3.16. The Hall–Kier alpha value is -2.50. The maximum Gasteiger partial charge on any atom is 0.422 e. The Balaban J connectivity index is 1.36. The Morgan fingerprint density at radius 3 is 2.71 bits per heavy atom. The molecule has 4 heterocycles. The van der Waals surface area contributed by atoms with Crippen LogP contribution in [0.15, 0.2) is 18.3 Å². The molecule has 2 aliphatic rings. The zero-order valence-electron chi connectivity index (χ0n) is 18.7. The van der Waals surface area contributed by atoms with Crippen molar-refractivity contribution in [2.24, 2.45) is 0 Å². The van der Waals surface area contributed by atoms with Crippen molar-refractivity contribution in [2.45, 2.75) is 44.9 Å². The van der Waals surface area contributed by atoms with Crippen LogP contribution in [-0.4, -0.2) is 58.9 Å². The van der Waals surface area contributed by atoms with Gasteiger partial charge in [-0.2, -0.15) is 13.2 Å². The molecule has 7 nitrogen and oxygen atoms in total. The van der Waals surface area contributed by atoms with E-state index in [1.54, 1.807) is 17.4 Å². The van der Waals surface area contributed by atoms with Crippen molar-refractivity contribution in [1.82, 2.24) is 19.9 Å². The number of anilines is 1. The van der Waals surface area contributed by atoms with Crippen LogP contribution in [0, 0.1) is 0 Å². The highest BCUT2D eigenvalue weighted by Crippen LogP contribution is 2.39. The Morgan fingerprint density at radius 2 is 1.94 bits per heavy atom. The number of rotatable bonds is 7. The van der Waals surface area contributed by atoms with Crippen molar-refractivity contribution < 1.29 is 22.6 Å². The van der Waals surface area contributed by atoms with E-state index in [2.05, 4.69) is 15.2 Å². The molecule has 0 unspecified atom stereocenters. The molecule has 0 bridgehead atoms. The molecule has 1 fully saturated rings. The molecule has 3 aromatic heterocycles. The van der Waals surface area contributed by atoms with Gasteiger partial charge in [-0.05, 0) is 36.8 Å². The molecule has 1 aliphatic carbocycles. The summed E-state index contributed by atoms with van der Waals surface area (Å²) >= 11 is 1.77. The van der Waals surface area contributed by atoms with Crippen molar-refractivity contribution in [2.75, 3.05) is 38.2 Å². The first-order chi connectivity index (χ1) is 16.4. The molecule has 1 saturated heterocycles. The Bertz CT molecular complexity index is 1130. The number of hydrogen-bond acceptors (Lipinski definition) is 8. The summed E-state index contributed by atoms with van der Waals surface area (Å²) in [7, 11) is 0. The fourth-order valence-electron chi connectivity index (χ4n) is 4.30. The van der Waals surface area contributed by atoms with Crippen molar-refractivity contribution in [3.05, 3.63) is 40.2 Å². The number of pyridine rings is 1. The Morgan fingerprint density at radius 1 is 1.12 bits per heavy atom. The fourth-order valence-corrected chi connectivity index (χ4v) is 5.58. The lowest BCUT2D eigenvalue weighted by Gasteiger charge is -2.25. The summed E-state index contributed by atoms with van der Waals surface area (Å²) in [6.45, 7) is 2.92. The number of aromatic nitrogens is 3. The maximum atomic E-state index is 12.3. The van der Waals surface area contributed by atoms with E-state index in [4.69, 9.17) is 19.4 Å². The van der Waals surface area contributed by atoms with E-state index in [9.17, 15) is 13.2 Å². The third kappa shape index (κ3) is 5.59. The van der Waals surface area contributed by atoms with Gasteiger partial charge in [0.15, 0.2) is 6.61 Å². The molecule has 1 aliphatic heterocycles. The third-order valence-electron chi connectivity index (χ3n) is 5.97. The van der Waals surface area contributed by atoms with E-state index < -0.39 is 12.8 Å². The summed E-state index contributed by atoms with van der Waals surface area (Å²) in [5, 5.41) is 4.55. The van der Waals surface area contributed by atoms with E-state index in [-0.39, 0.29) is 5.88 Å². The van der Waals surface area contributed by atoms with Gasteiger partial charge in [0.05, 0.1) is 25.1 Å². The first-order valence-electron chi connectivity index (χ1n) is 11.4. The van der Waals surface area contributed by atoms with Gasteiger partial charge in [-0.15, -0.1) is 11.3 Å². The molecule has 0 saturated carbocycles. The van der Waals surface area contributed by atoms with Crippen LogP contribution in [-0.2, 0) is 30.7 Å². The van der Waals surface area contributed by atoms with Gasteiger partial charge in [0.2, 0.25) is 5.88 Å². The summed E-state index contributed by atoms with van der Waals surface area (Å²) in [6.07, 6.45) is 1.61. The predicted molar refractivity (Wildman–Crippen MR) is 123 cm³/mol. The molecule has 3 aromatic rings. The standard InChI is InChI=1S/C23H26F3N5O2S/c24-23(25,26)14-33-19-6-5-15(11-27-19)12-28-21-20-16-3-1-2-4-17(16)34-22(20)30-18(29-21)13-31-7-9-32-10-8-31/h5-6,11H,1-4,7-10,12-14H2,(H,28,29,30). The summed E-state index contributed by atoms with van der Waals surface area (Å²) in [5.41, 5.74) is 2.17. The largest absolute Gasteiger partial charge is 0.468 e. The second kappa shape index (κ2) is 10.0. The molecular weight excluding hydrogens is 467 g/mol. The monoisotopic (exact) mass is 493 g/mol. The molecule has 34 heavy (non-hydrogen) atoms. The number of ether oxygens (including phenoxy) is 2. The number of aryl methyl sites for hydroxylation is 2. The van der Waals surface area contributed by atoms with Crippen LogP contribution in [0.2, 0.25) is 0 Å². The van der Waals surface area contributed by atoms with Gasteiger partial charge in [-0.1, -0.05) is 6.07 Å². The van der Waals surface area contributed by atoms with E-state index >= 15 is 0 Å². The van der Waals surface area contributed by atoms with Crippen molar-refractivity contribution in [3.8, 4) is 5.88 Å². The van der Waals surface area contributed by atoms with Gasteiger partial charge in [0.25, 0.3) is 0 Å². The molecule has 0 amide bonds. The number of thiophene rings is 1. The molecule has 5 rings (SSSR count). The van der Waals surface area contributed by atoms with Crippen LogP contribution in [0.4, 0.5) is 19.0 Å². The highest BCUT2D eigenvalue weighted by molar-refractivity contribution is 7.19. The summed E-state index contributed by atoms with van der Waals surface area (Å²) < 4.78 is 47.2. The van der Waals surface area contributed by atoms with Crippen LogP contribution in [0.1, 0.15) is 34.7 Å². The summed E-state index contributed by atoms with van der Waals surface area (Å²) in [4.78, 5) is 18.5. The molecule has 0 spiro atoms. The number of halogens is 3. The second-order valence-corrected chi connectivity index (χ2v) is 9.61. The maximum absolute atomic E-state index is 12.3. The first kappa shape index (κ1) is 23.3. The van der Waals surface area contributed by atoms with Crippen molar-refractivity contribution >= 4 is 27.4 Å². The van der Waals surface area contributed by atoms with E-state index in [0.717, 1.165) is 73.0 Å². The first-order valence-corrected chi connectivity index (χ1v) is 12.3. The number of alkyl halides is 3. The lowest BCUT2D eigenvalue weighted by Crippen LogP contribution is -2.36. The van der Waals surface area contributed by atoms with Crippen LogP contribution in [0.3, 0.4) is 0 Å². The molecule has 0 atom stereocenters. The average molecular weight is 494 g/mol. The smallest absolute Gasteiger partial charge is 0.422 e. The zero-order valence-corrected chi connectivity index (χ0v) is 19.5. The van der Waals surface area contributed by atoms with Gasteiger partial charge in [0, 0.05) is 36.8 Å². The quantitative estimate of drug-likeness (QED) is 0.525. The average Bonchev–Trinajstić information content (AvgIpc) is 3.20. The van der Waals surface area contributed by atoms with Crippen molar-refractivity contribution in [1.29, 1.82) is 0 Å². The molecule has 182 valence electrons. The molecule has 1 N–H and O–H groups in total. The lowest BCUT2D eigenvalue weighted by molar-refractivity contribution is -0.154. The normalized spacial score (nSPS) is 17.0. The van der Waals surface area contributed by atoms with Gasteiger partial charge in [0.1, 0.15) is 16.5 Å². The Labute approximate surface area is 199 Å². The van der Waals surface area contributed by atoms with E-state index in [1.807, 2.05) is 0 Å².